The van der Waals surface area contributed by atoms with Crippen molar-refractivity contribution < 1.29 is 14.3 Å². The van der Waals surface area contributed by atoms with E-state index in [1.807, 2.05) is 59.3 Å². The fourth-order valence-electron chi connectivity index (χ4n) is 4.44. The third-order valence-corrected chi connectivity index (χ3v) is 5.90. The average molecular weight is 444 g/mol. The summed E-state index contributed by atoms with van der Waals surface area (Å²) in [6.45, 7) is 1.45. The second-order valence-electron chi connectivity index (χ2n) is 8.24. The van der Waals surface area contributed by atoms with Crippen LogP contribution in [-0.4, -0.2) is 31.8 Å². The molecule has 1 aliphatic carbocycles. The van der Waals surface area contributed by atoms with Gasteiger partial charge in [0.25, 0.3) is 0 Å². The first-order valence-electron chi connectivity index (χ1n) is 11.1. The Kier molecular flexibility index (Phi) is 5.64. The van der Waals surface area contributed by atoms with Crippen LogP contribution in [0.25, 0.3) is 22.3 Å². The number of rotatable bonds is 5. The van der Waals surface area contributed by atoms with Gasteiger partial charge in [0.15, 0.2) is 5.65 Å². The van der Waals surface area contributed by atoms with Gasteiger partial charge in [0.05, 0.1) is 11.4 Å². The van der Waals surface area contributed by atoms with Crippen molar-refractivity contribution in [2.45, 2.75) is 44.8 Å². The van der Waals surface area contributed by atoms with Gasteiger partial charge >= 0.3 is 5.97 Å². The summed E-state index contributed by atoms with van der Waals surface area (Å²) in [5.41, 5.74) is 8.58. The van der Waals surface area contributed by atoms with Crippen LogP contribution in [0.1, 0.15) is 38.6 Å². The van der Waals surface area contributed by atoms with Gasteiger partial charge in [-0.2, -0.15) is 5.10 Å². The van der Waals surface area contributed by atoms with Crippen molar-refractivity contribution in [1.29, 1.82) is 0 Å². The summed E-state index contributed by atoms with van der Waals surface area (Å²) >= 11 is 0. The van der Waals surface area contributed by atoms with Gasteiger partial charge in [-0.15, -0.1) is 0 Å². The number of carbonyl (C=O) groups is 1. The first-order chi connectivity index (χ1) is 16.1. The molecule has 2 heterocycles. The molecule has 1 aliphatic rings. The fraction of sp³-hybridized carbons (Fsp3) is 0.280. The Labute approximate surface area is 191 Å². The molecule has 2 aromatic heterocycles. The number of hydrogen-bond acceptors (Lipinski definition) is 7. The first kappa shape index (κ1) is 20.9. The molecule has 8 heteroatoms. The molecule has 8 nitrogen and oxygen atoms in total. The fourth-order valence-corrected chi connectivity index (χ4v) is 4.44. The lowest BCUT2D eigenvalue weighted by atomic mass is 9.93. The normalized spacial score (nSPS) is 18.2. The van der Waals surface area contributed by atoms with E-state index in [-0.39, 0.29) is 18.1 Å². The summed E-state index contributed by atoms with van der Waals surface area (Å²) in [7, 11) is 0. The van der Waals surface area contributed by atoms with Gasteiger partial charge in [-0.25, -0.2) is 14.6 Å². The van der Waals surface area contributed by atoms with Crippen molar-refractivity contribution in [3.05, 3.63) is 60.9 Å². The van der Waals surface area contributed by atoms with Gasteiger partial charge in [-0.05, 0) is 55.7 Å². The maximum Gasteiger partial charge on any atom is 0.302 e. The number of fused-ring (bicyclic) bond motifs is 1. The van der Waals surface area contributed by atoms with Crippen molar-refractivity contribution in [3.8, 4) is 22.8 Å². The predicted molar refractivity (Wildman–Crippen MR) is 125 cm³/mol. The Morgan fingerprint density at radius 2 is 1.79 bits per heavy atom. The van der Waals surface area contributed by atoms with E-state index in [0.717, 1.165) is 47.4 Å². The summed E-state index contributed by atoms with van der Waals surface area (Å²) in [6.07, 6.45) is 4.79. The quantitative estimate of drug-likeness (QED) is 0.437. The van der Waals surface area contributed by atoms with Crippen LogP contribution < -0.4 is 10.5 Å². The van der Waals surface area contributed by atoms with Crippen LogP contribution in [0.5, 0.6) is 11.5 Å². The molecule has 4 aromatic rings. The molecule has 0 spiro atoms. The van der Waals surface area contributed by atoms with Crippen LogP contribution in [0.15, 0.2) is 60.9 Å². The van der Waals surface area contributed by atoms with Crippen LogP contribution in [0, 0.1) is 0 Å². The second-order valence-corrected chi connectivity index (χ2v) is 8.24. The predicted octanol–water partition coefficient (Wildman–Crippen LogP) is 4.91. The molecule has 0 aliphatic heterocycles. The maximum atomic E-state index is 11.5. The molecule has 0 amide bonds. The summed E-state index contributed by atoms with van der Waals surface area (Å²) in [6, 6.07) is 17.4. The Morgan fingerprint density at radius 3 is 2.55 bits per heavy atom. The average Bonchev–Trinajstić information content (AvgIpc) is 3.21. The first-order valence-corrected chi connectivity index (χ1v) is 11.1. The third-order valence-electron chi connectivity index (χ3n) is 5.90. The van der Waals surface area contributed by atoms with Crippen molar-refractivity contribution in [1.82, 2.24) is 19.7 Å². The molecule has 0 bridgehead atoms. The topological polar surface area (TPSA) is 105 Å². The molecule has 0 radical (unpaired) electrons. The molecule has 2 N–H and O–H groups in total. The molecule has 33 heavy (non-hydrogen) atoms. The Bertz CT molecular complexity index is 1270. The highest BCUT2D eigenvalue weighted by molar-refractivity contribution is 5.98. The van der Waals surface area contributed by atoms with Crippen molar-refractivity contribution in [2.75, 3.05) is 5.73 Å². The summed E-state index contributed by atoms with van der Waals surface area (Å²) in [4.78, 5) is 20.2. The van der Waals surface area contributed by atoms with Crippen LogP contribution in [0.2, 0.25) is 0 Å². The van der Waals surface area contributed by atoms with E-state index in [1.54, 1.807) is 0 Å². The van der Waals surface area contributed by atoms with Gasteiger partial charge < -0.3 is 15.2 Å². The molecule has 5 rings (SSSR count). The van der Waals surface area contributed by atoms with E-state index in [1.165, 1.54) is 13.3 Å². The second kappa shape index (κ2) is 8.90. The number of benzene rings is 2. The number of carbonyl (C=O) groups excluding carboxylic acids is 1. The molecule has 0 saturated heterocycles. The highest BCUT2D eigenvalue weighted by atomic mass is 16.5. The third kappa shape index (κ3) is 4.37. The lowest BCUT2D eigenvalue weighted by Crippen LogP contribution is -2.27. The minimum absolute atomic E-state index is 0.0642. The van der Waals surface area contributed by atoms with Gasteiger partial charge in [0, 0.05) is 18.9 Å². The Morgan fingerprint density at radius 1 is 1.03 bits per heavy atom. The van der Waals surface area contributed by atoms with E-state index < -0.39 is 0 Å². The highest BCUT2D eigenvalue weighted by Crippen LogP contribution is 2.37. The minimum Gasteiger partial charge on any atom is -0.462 e. The Hall–Kier alpha value is -3.94. The maximum absolute atomic E-state index is 11.5. The van der Waals surface area contributed by atoms with E-state index >= 15 is 0 Å². The number of nitrogen functional groups attached to an aromatic ring is 1. The highest BCUT2D eigenvalue weighted by Gasteiger charge is 2.29. The van der Waals surface area contributed by atoms with Gasteiger partial charge in [0.2, 0.25) is 0 Å². The summed E-state index contributed by atoms with van der Waals surface area (Å²) < 4.78 is 13.3. The molecule has 2 atom stereocenters. The number of aromatic nitrogens is 4. The number of nitrogens with zero attached hydrogens (tertiary/aromatic N) is 4. The minimum atomic E-state index is -0.254. The molecule has 1 unspecified atom stereocenters. The monoisotopic (exact) mass is 443 g/mol. The SMILES string of the molecule is CC(=O)O[C@@H]1CCCC(n2nc(-c3ccc(Oc4ccccc4)cc3)c3c(N)ncnc32)C1. The lowest BCUT2D eigenvalue weighted by molar-refractivity contribution is -0.148. The number of hydrogen-bond donors (Lipinski definition) is 1. The molecular formula is C25H25N5O3. The van der Waals surface area contributed by atoms with E-state index in [0.29, 0.717) is 17.9 Å². The van der Waals surface area contributed by atoms with Crippen LogP contribution in [0.3, 0.4) is 0 Å². The van der Waals surface area contributed by atoms with Crippen molar-refractivity contribution in [2.24, 2.45) is 0 Å². The number of para-hydroxylation sites is 1. The van der Waals surface area contributed by atoms with E-state index in [9.17, 15) is 4.79 Å². The molecule has 168 valence electrons. The van der Waals surface area contributed by atoms with Gasteiger partial charge in [-0.3, -0.25) is 4.79 Å². The van der Waals surface area contributed by atoms with Gasteiger partial charge in [-0.1, -0.05) is 18.2 Å². The van der Waals surface area contributed by atoms with Crippen LogP contribution in [0.4, 0.5) is 5.82 Å². The molecule has 2 aromatic carbocycles. The number of nitrogens with two attached hydrogens (primary N) is 1. The zero-order chi connectivity index (χ0) is 22.8. The largest absolute Gasteiger partial charge is 0.462 e. The molecular weight excluding hydrogens is 418 g/mol. The summed E-state index contributed by atoms with van der Waals surface area (Å²) in [5.74, 6) is 1.64. The summed E-state index contributed by atoms with van der Waals surface area (Å²) in [5, 5.41) is 5.65. The zero-order valence-electron chi connectivity index (χ0n) is 18.3. The number of esters is 1. The standard InChI is InChI=1S/C25H25N5O3/c1-16(31)32-21-9-5-6-18(14-21)30-25-22(24(26)27-15-28-25)23(29-30)17-10-12-20(13-11-17)33-19-7-3-2-4-8-19/h2-4,7-8,10-13,15,18,21H,5-6,9,14H2,1H3,(H2,26,27,28)/t18?,21-/m1/s1. The van der Waals surface area contributed by atoms with Crippen molar-refractivity contribution >= 4 is 22.8 Å². The lowest BCUT2D eigenvalue weighted by Gasteiger charge is -2.28. The smallest absolute Gasteiger partial charge is 0.302 e. The molecule has 1 fully saturated rings. The number of anilines is 1. The molecule has 1 saturated carbocycles. The van der Waals surface area contributed by atoms with Gasteiger partial charge in [0.1, 0.15) is 35.4 Å². The van der Waals surface area contributed by atoms with Crippen LogP contribution >= 0.6 is 0 Å². The number of ether oxygens (including phenoxy) is 2. The van der Waals surface area contributed by atoms with E-state index in [2.05, 4.69) is 9.97 Å². The zero-order valence-corrected chi connectivity index (χ0v) is 18.3. The Balaban J connectivity index is 1.48. The van der Waals surface area contributed by atoms with Crippen molar-refractivity contribution in [3.63, 3.8) is 0 Å². The van der Waals surface area contributed by atoms with E-state index in [4.69, 9.17) is 20.3 Å². The van der Waals surface area contributed by atoms with Crippen LogP contribution in [-0.2, 0) is 9.53 Å².